The Morgan fingerprint density at radius 2 is 2.15 bits per heavy atom. The molecule has 0 aliphatic carbocycles. The standard InChI is InChI=1S/C15H19N3O2/c1-2-12-4-6-13(7-5-12)14(11-19)17-15(20)10-18-9-3-8-16-18/h3-9,14,19H,2,10-11H2,1H3,(H,17,20). The van der Waals surface area contributed by atoms with Gasteiger partial charge in [-0.25, -0.2) is 0 Å². The lowest BCUT2D eigenvalue weighted by Crippen LogP contribution is -2.33. The summed E-state index contributed by atoms with van der Waals surface area (Å²) in [5.74, 6) is -0.174. The zero-order valence-corrected chi connectivity index (χ0v) is 11.5. The number of aliphatic hydroxyl groups is 1. The Morgan fingerprint density at radius 3 is 2.70 bits per heavy atom. The molecule has 0 radical (unpaired) electrons. The van der Waals surface area contributed by atoms with Gasteiger partial charge in [0, 0.05) is 12.4 Å². The molecule has 20 heavy (non-hydrogen) atoms. The van der Waals surface area contributed by atoms with Crippen molar-refractivity contribution < 1.29 is 9.90 Å². The first-order chi connectivity index (χ1) is 9.72. The normalized spacial score (nSPS) is 12.1. The lowest BCUT2D eigenvalue weighted by molar-refractivity contribution is -0.122. The quantitative estimate of drug-likeness (QED) is 0.833. The summed E-state index contributed by atoms with van der Waals surface area (Å²) in [5, 5.41) is 16.2. The van der Waals surface area contributed by atoms with E-state index in [0.29, 0.717) is 0 Å². The second kappa shape index (κ2) is 6.86. The lowest BCUT2D eigenvalue weighted by Gasteiger charge is -2.17. The number of aromatic nitrogens is 2. The molecular formula is C15H19N3O2. The highest BCUT2D eigenvalue weighted by atomic mass is 16.3. The number of hydrogen-bond acceptors (Lipinski definition) is 3. The van der Waals surface area contributed by atoms with Gasteiger partial charge in [-0.1, -0.05) is 31.2 Å². The van der Waals surface area contributed by atoms with Crippen LogP contribution in [0.25, 0.3) is 0 Å². The zero-order valence-electron chi connectivity index (χ0n) is 11.5. The van der Waals surface area contributed by atoms with E-state index in [0.717, 1.165) is 12.0 Å². The van der Waals surface area contributed by atoms with Crippen molar-refractivity contribution in [3.63, 3.8) is 0 Å². The van der Waals surface area contributed by atoms with Crippen molar-refractivity contribution in [1.82, 2.24) is 15.1 Å². The van der Waals surface area contributed by atoms with Gasteiger partial charge in [-0.2, -0.15) is 5.10 Å². The van der Waals surface area contributed by atoms with Gasteiger partial charge in [0.15, 0.2) is 0 Å². The predicted molar refractivity (Wildman–Crippen MR) is 76.0 cm³/mol. The molecule has 5 heteroatoms. The van der Waals surface area contributed by atoms with Crippen LogP contribution in [-0.4, -0.2) is 27.4 Å². The fraction of sp³-hybridized carbons (Fsp3) is 0.333. The highest BCUT2D eigenvalue weighted by molar-refractivity contribution is 5.76. The number of aliphatic hydroxyl groups excluding tert-OH is 1. The van der Waals surface area contributed by atoms with Crippen LogP contribution >= 0.6 is 0 Å². The second-order valence-corrected chi connectivity index (χ2v) is 4.60. The lowest BCUT2D eigenvalue weighted by atomic mass is 10.0. The number of carbonyl (C=O) groups excluding carboxylic acids is 1. The average Bonchev–Trinajstić information content (AvgIpc) is 2.97. The highest BCUT2D eigenvalue weighted by Crippen LogP contribution is 2.14. The van der Waals surface area contributed by atoms with Crippen LogP contribution in [0.4, 0.5) is 0 Å². The first-order valence-corrected chi connectivity index (χ1v) is 6.69. The van der Waals surface area contributed by atoms with E-state index in [2.05, 4.69) is 17.3 Å². The summed E-state index contributed by atoms with van der Waals surface area (Å²) in [5.41, 5.74) is 2.13. The predicted octanol–water partition coefficient (Wildman–Crippen LogP) is 1.30. The van der Waals surface area contributed by atoms with Crippen LogP contribution in [0.1, 0.15) is 24.1 Å². The Labute approximate surface area is 118 Å². The molecular weight excluding hydrogens is 254 g/mol. The summed E-state index contributed by atoms with van der Waals surface area (Å²) in [6.45, 7) is 2.11. The second-order valence-electron chi connectivity index (χ2n) is 4.60. The van der Waals surface area contributed by atoms with Gasteiger partial charge in [0.1, 0.15) is 6.54 Å². The monoisotopic (exact) mass is 273 g/mol. The molecule has 0 spiro atoms. The summed E-state index contributed by atoms with van der Waals surface area (Å²) < 4.78 is 1.55. The van der Waals surface area contributed by atoms with Crippen LogP contribution in [0.15, 0.2) is 42.7 Å². The maximum atomic E-state index is 11.9. The van der Waals surface area contributed by atoms with E-state index in [-0.39, 0.29) is 25.1 Å². The van der Waals surface area contributed by atoms with Crippen molar-refractivity contribution >= 4 is 5.91 Å². The van der Waals surface area contributed by atoms with E-state index >= 15 is 0 Å². The SMILES string of the molecule is CCc1ccc(C(CO)NC(=O)Cn2cccn2)cc1. The van der Waals surface area contributed by atoms with E-state index in [1.165, 1.54) is 5.56 Å². The Kier molecular flexibility index (Phi) is 4.90. The molecule has 1 aromatic carbocycles. The molecule has 1 heterocycles. The number of aryl methyl sites for hydroxylation is 1. The smallest absolute Gasteiger partial charge is 0.242 e. The van der Waals surface area contributed by atoms with E-state index in [1.807, 2.05) is 24.3 Å². The molecule has 0 aliphatic rings. The third kappa shape index (κ3) is 3.68. The van der Waals surface area contributed by atoms with Crippen LogP contribution in [0.5, 0.6) is 0 Å². The summed E-state index contributed by atoms with van der Waals surface area (Å²) in [6, 6.07) is 9.28. The van der Waals surface area contributed by atoms with E-state index in [9.17, 15) is 9.90 Å². The summed E-state index contributed by atoms with van der Waals surface area (Å²) in [6.07, 6.45) is 4.32. The average molecular weight is 273 g/mol. The van der Waals surface area contributed by atoms with Crippen LogP contribution in [0.2, 0.25) is 0 Å². The number of nitrogens with zero attached hydrogens (tertiary/aromatic N) is 2. The molecule has 0 bridgehead atoms. The van der Waals surface area contributed by atoms with E-state index in [4.69, 9.17) is 0 Å². The van der Waals surface area contributed by atoms with Gasteiger partial charge in [-0.15, -0.1) is 0 Å². The molecule has 1 unspecified atom stereocenters. The Bertz CT molecular complexity index is 535. The van der Waals surface area contributed by atoms with Crippen LogP contribution in [-0.2, 0) is 17.8 Å². The molecule has 2 N–H and O–H groups in total. The fourth-order valence-electron chi connectivity index (χ4n) is 2.00. The van der Waals surface area contributed by atoms with Crippen LogP contribution in [0, 0.1) is 0 Å². The number of hydrogen-bond donors (Lipinski definition) is 2. The van der Waals surface area contributed by atoms with E-state index in [1.54, 1.807) is 23.1 Å². The van der Waals surface area contributed by atoms with Crippen molar-refractivity contribution in [3.05, 3.63) is 53.9 Å². The minimum Gasteiger partial charge on any atom is -0.394 e. The first kappa shape index (κ1) is 14.3. The Morgan fingerprint density at radius 1 is 1.40 bits per heavy atom. The molecule has 0 saturated carbocycles. The van der Waals surface area contributed by atoms with Gasteiger partial charge >= 0.3 is 0 Å². The van der Waals surface area contributed by atoms with Crippen LogP contribution < -0.4 is 5.32 Å². The van der Waals surface area contributed by atoms with Gasteiger partial charge in [0.25, 0.3) is 0 Å². The number of benzene rings is 1. The number of amides is 1. The minimum absolute atomic E-state index is 0.129. The van der Waals surface area contributed by atoms with Crippen molar-refractivity contribution in [2.75, 3.05) is 6.61 Å². The van der Waals surface area contributed by atoms with Gasteiger partial charge in [0.05, 0.1) is 12.6 Å². The Balaban J connectivity index is 1.98. The minimum atomic E-state index is -0.385. The summed E-state index contributed by atoms with van der Waals surface area (Å²) in [4.78, 5) is 11.9. The van der Waals surface area contributed by atoms with Crippen LogP contribution in [0.3, 0.4) is 0 Å². The molecule has 2 aromatic rings. The van der Waals surface area contributed by atoms with E-state index < -0.39 is 0 Å². The maximum absolute atomic E-state index is 11.9. The zero-order chi connectivity index (χ0) is 14.4. The van der Waals surface area contributed by atoms with Crippen molar-refractivity contribution in [3.8, 4) is 0 Å². The highest BCUT2D eigenvalue weighted by Gasteiger charge is 2.13. The number of rotatable bonds is 6. The first-order valence-electron chi connectivity index (χ1n) is 6.69. The Hall–Kier alpha value is -2.14. The van der Waals surface area contributed by atoms with Gasteiger partial charge in [-0.3, -0.25) is 9.48 Å². The molecule has 1 amide bonds. The summed E-state index contributed by atoms with van der Waals surface area (Å²) in [7, 11) is 0. The molecule has 2 rings (SSSR count). The molecule has 1 aromatic heterocycles. The molecule has 5 nitrogen and oxygen atoms in total. The van der Waals surface area contributed by atoms with Crippen molar-refractivity contribution in [1.29, 1.82) is 0 Å². The molecule has 0 fully saturated rings. The fourth-order valence-corrected chi connectivity index (χ4v) is 2.00. The van der Waals surface area contributed by atoms with Crippen molar-refractivity contribution in [2.45, 2.75) is 25.9 Å². The molecule has 1 atom stereocenters. The van der Waals surface area contributed by atoms with Gasteiger partial charge in [0.2, 0.25) is 5.91 Å². The molecule has 106 valence electrons. The number of carbonyl (C=O) groups is 1. The third-order valence-electron chi connectivity index (χ3n) is 3.17. The maximum Gasteiger partial charge on any atom is 0.242 e. The molecule has 0 saturated heterocycles. The number of nitrogens with one attached hydrogen (secondary N) is 1. The topological polar surface area (TPSA) is 67.2 Å². The van der Waals surface area contributed by atoms with Crippen molar-refractivity contribution in [2.24, 2.45) is 0 Å². The van der Waals surface area contributed by atoms with Gasteiger partial charge in [-0.05, 0) is 23.6 Å². The molecule has 0 aliphatic heterocycles. The third-order valence-corrected chi connectivity index (χ3v) is 3.17. The summed E-state index contributed by atoms with van der Waals surface area (Å²) >= 11 is 0. The van der Waals surface area contributed by atoms with Gasteiger partial charge < -0.3 is 10.4 Å². The largest absolute Gasteiger partial charge is 0.394 e.